The van der Waals surface area contributed by atoms with Crippen molar-refractivity contribution in [1.82, 2.24) is 20.1 Å². The van der Waals surface area contributed by atoms with E-state index in [4.69, 9.17) is 9.72 Å². The molecule has 8 nitrogen and oxygen atoms in total. The summed E-state index contributed by atoms with van der Waals surface area (Å²) in [6, 6.07) is 7.54. The monoisotopic (exact) mass is 435 g/mol. The maximum Gasteiger partial charge on any atom is 0.262 e. The molecular weight excluding hydrogens is 406 g/mol. The van der Waals surface area contributed by atoms with Crippen molar-refractivity contribution in [2.75, 3.05) is 18.5 Å². The van der Waals surface area contributed by atoms with Crippen LogP contribution < -0.4 is 15.0 Å². The molecule has 0 spiro atoms. The first-order valence-electron chi connectivity index (χ1n) is 10.9. The number of aryl methyl sites for hydroxylation is 2. The number of anilines is 1. The van der Waals surface area contributed by atoms with Crippen molar-refractivity contribution >= 4 is 28.5 Å². The smallest absolute Gasteiger partial charge is 0.262 e. The molecule has 2 aromatic heterocycles. The number of amides is 2. The number of ether oxygens (including phenoxy) is 1. The van der Waals surface area contributed by atoms with Crippen LogP contribution in [0.15, 0.2) is 30.5 Å². The number of likely N-dealkylation sites (N-methyl/N-ethyl adjacent to an activating group) is 1. The Kier molecular flexibility index (Phi) is 5.86. The predicted octanol–water partition coefficient (Wildman–Crippen LogP) is 3.10. The van der Waals surface area contributed by atoms with Crippen LogP contribution in [0.2, 0.25) is 0 Å². The van der Waals surface area contributed by atoms with Gasteiger partial charge < -0.3 is 15.0 Å². The van der Waals surface area contributed by atoms with Crippen LogP contribution in [-0.4, -0.2) is 46.3 Å². The van der Waals surface area contributed by atoms with Crippen LogP contribution >= 0.6 is 0 Å². The Morgan fingerprint density at radius 3 is 2.72 bits per heavy atom. The van der Waals surface area contributed by atoms with Crippen molar-refractivity contribution in [3.05, 3.63) is 47.3 Å². The van der Waals surface area contributed by atoms with E-state index in [9.17, 15) is 9.59 Å². The van der Waals surface area contributed by atoms with Crippen molar-refractivity contribution in [3.63, 3.8) is 0 Å². The first-order valence-corrected chi connectivity index (χ1v) is 10.9. The molecule has 168 valence electrons. The summed E-state index contributed by atoms with van der Waals surface area (Å²) in [7, 11) is 1.56. The maximum absolute atomic E-state index is 13.3. The lowest BCUT2D eigenvalue weighted by atomic mass is 10.00. The first-order chi connectivity index (χ1) is 15.3. The van der Waals surface area contributed by atoms with E-state index in [0.29, 0.717) is 24.3 Å². The number of carbonyl (C=O) groups is 2. The summed E-state index contributed by atoms with van der Waals surface area (Å²) in [5, 5.41) is 8.12. The highest BCUT2D eigenvalue weighted by Gasteiger charge is 2.33. The minimum absolute atomic E-state index is 0.0496. The van der Waals surface area contributed by atoms with Crippen LogP contribution in [0.3, 0.4) is 0 Å². The van der Waals surface area contributed by atoms with Gasteiger partial charge in [0.05, 0.1) is 18.4 Å². The van der Waals surface area contributed by atoms with Crippen molar-refractivity contribution in [3.8, 4) is 5.75 Å². The molecule has 1 aliphatic rings. The zero-order valence-electron chi connectivity index (χ0n) is 19.2. The number of rotatable bonds is 5. The summed E-state index contributed by atoms with van der Waals surface area (Å²) in [5.74, 6) is 0.240. The van der Waals surface area contributed by atoms with E-state index in [1.165, 1.54) is 0 Å². The second-order valence-corrected chi connectivity index (χ2v) is 8.41. The number of carbonyl (C=O) groups excluding carboxylic acids is 2. The zero-order chi connectivity index (χ0) is 23.0. The Morgan fingerprint density at radius 2 is 2.00 bits per heavy atom. The highest BCUT2D eigenvalue weighted by Crippen LogP contribution is 2.34. The summed E-state index contributed by atoms with van der Waals surface area (Å²) in [6.45, 7) is 8.39. The summed E-state index contributed by atoms with van der Waals surface area (Å²) in [6.07, 6.45) is 2.00. The summed E-state index contributed by atoms with van der Waals surface area (Å²) < 4.78 is 7.74. The number of hydrogen-bond acceptors (Lipinski definition) is 5. The number of pyridine rings is 1. The highest BCUT2D eigenvalue weighted by molar-refractivity contribution is 5.97. The predicted molar refractivity (Wildman–Crippen MR) is 123 cm³/mol. The number of nitrogens with zero attached hydrogens (tertiary/aromatic N) is 4. The third-order valence-corrected chi connectivity index (χ3v) is 6.03. The van der Waals surface area contributed by atoms with Gasteiger partial charge in [0.15, 0.2) is 11.8 Å². The summed E-state index contributed by atoms with van der Waals surface area (Å²) >= 11 is 0. The van der Waals surface area contributed by atoms with Crippen molar-refractivity contribution in [1.29, 1.82) is 0 Å². The van der Waals surface area contributed by atoms with E-state index in [1.54, 1.807) is 18.0 Å². The molecule has 32 heavy (non-hydrogen) atoms. The van der Waals surface area contributed by atoms with Gasteiger partial charge in [0.1, 0.15) is 5.75 Å². The third-order valence-electron chi connectivity index (χ3n) is 6.03. The van der Waals surface area contributed by atoms with Crippen LogP contribution in [-0.2, 0) is 16.0 Å². The molecule has 0 saturated carbocycles. The fourth-order valence-corrected chi connectivity index (χ4v) is 4.27. The second-order valence-electron chi connectivity index (χ2n) is 8.41. The molecule has 3 aromatic rings. The molecule has 1 unspecified atom stereocenters. The molecule has 0 fully saturated rings. The highest BCUT2D eigenvalue weighted by atomic mass is 16.5. The first kappa shape index (κ1) is 21.8. The van der Waals surface area contributed by atoms with E-state index in [0.717, 1.165) is 27.9 Å². The molecule has 0 aliphatic carbocycles. The van der Waals surface area contributed by atoms with Gasteiger partial charge in [-0.2, -0.15) is 5.10 Å². The van der Waals surface area contributed by atoms with Crippen molar-refractivity contribution < 1.29 is 14.3 Å². The summed E-state index contributed by atoms with van der Waals surface area (Å²) in [4.78, 5) is 31.9. The quantitative estimate of drug-likeness (QED) is 0.665. The van der Waals surface area contributed by atoms with Gasteiger partial charge in [0.25, 0.3) is 5.91 Å². The second kappa shape index (κ2) is 8.61. The third kappa shape index (κ3) is 3.81. The lowest BCUT2D eigenvalue weighted by Gasteiger charge is -2.34. The average Bonchev–Trinajstić information content (AvgIpc) is 3.21. The standard InChI is InChI=1S/C24H29N5O3/c1-14(2)29-23-18(12-26-29)15(3)17(16(4)27-23)10-11-22(30)28-13-21(24(31)25-5)32-20-9-7-6-8-19(20)28/h6-9,12,14,21H,10-11,13H2,1-5H3,(H,25,31). The fraction of sp³-hybridized carbons (Fsp3) is 0.417. The minimum atomic E-state index is -0.734. The van der Waals surface area contributed by atoms with E-state index < -0.39 is 6.10 Å². The summed E-state index contributed by atoms with van der Waals surface area (Å²) in [5.41, 5.74) is 4.66. The number of fused-ring (bicyclic) bond motifs is 2. The van der Waals surface area contributed by atoms with Gasteiger partial charge in [0.2, 0.25) is 5.91 Å². The van der Waals surface area contributed by atoms with E-state index in [2.05, 4.69) is 31.2 Å². The minimum Gasteiger partial charge on any atom is -0.477 e. The van der Waals surface area contributed by atoms with Crippen LogP contribution in [0.25, 0.3) is 11.0 Å². The van der Waals surface area contributed by atoms with E-state index in [-0.39, 0.29) is 24.4 Å². The molecular formula is C24H29N5O3. The van der Waals surface area contributed by atoms with E-state index in [1.807, 2.05) is 36.0 Å². The van der Waals surface area contributed by atoms with Gasteiger partial charge in [-0.05, 0) is 57.4 Å². The number of benzene rings is 1. The van der Waals surface area contributed by atoms with Crippen LogP contribution in [0.1, 0.15) is 43.1 Å². The largest absolute Gasteiger partial charge is 0.477 e. The van der Waals surface area contributed by atoms with Gasteiger partial charge >= 0.3 is 0 Å². The van der Waals surface area contributed by atoms with Crippen LogP contribution in [0.4, 0.5) is 5.69 Å². The topological polar surface area (TPSA) is 89.4 Å². The van der Waals surface area contributed by atoms with Gasteiger partial charge in [-0.15, -0.1) is 0 Å². The number of nitrogens with one attached hydrogen (secondary N) is 1. The Bertz CT molecular complexity index is 1180. The zero-order valence-corrected chi connectivity index (χ0v) is 19.2. The van der Waals surface area contributed by atoms with Crippen molar-refractivity contribution in [2.24, 2.45) is 0 Å². The van der Waals surface area contributed by atoms with E-state index >= 15 is 0 Å². The number of aromatic nitrogens is 3. The van der Waals surface area contributed by atoms with Gasteiger partial charge in [0, 0.05) is 30.6 Å². The Hall–Kier alpha value is -3.42. The fourth-order valence-electron chi connectivity index (χ4n) is 4.27. The van der Waals surface area contributed by atoms with Crippen LogP contribution in [0.5, 0.6) is 5.75 Å². The molecule has 0 radical (unpaired) electrons. The number of para-hydroxylation sites is 2. The SMILES string of the molecule is CNC(=O)C1CN(C(=O)CCc2c(C)nc3c(cnn3C(C)C)c2C)c2ccccc2O1. The average molecular weight is 436 g/mol. The molecule has 1 aromatic carbocycles. The molecule has 4 rings (SSSR count). The Balaban J connectivity index is 1.58. The van der Waals surface area contributed by atoms with Gasteiger partial charge in [-0.25, -0.2) is 9.67 Å². The van der Waals surface area contributed by atoms with Gasteiger partial charge in [-0.3, -0.25) is 9.59 Å². The normalized spacial score (nSPS) is 15.6. The molecule has 2 amide bonds. The molecule has 0 bridgehead atoms. The Morgan fingerprint density at radius 1 is 1.25 bits per heavy atom. The molecule has 1 aliphatic heterocycles. The number of hydrogen-bond donors (Lipinski definition) is 1. The van der Waals surface area contributed by atoms with Gasteiger partial charge in [-0.1, -0.05) is 12.1 Å². The maximum atomic E-state index is 13.3. The Labute approximate surface area is 187 Å². The molecule has 1 atom stereocenters. The van der Waals surface area contributed by atoms with Crippen LogP contribution in [0, 0.1) is 13.8 Å². The lowest BCUT2D eigenvalue weighted by Crippen LogP contribution is -2.50. The molecule has 8 heteroatoms. The molecule has 1 N–H and O–H groups in total. The molecule has 3 heterocycles. The molecule has 0 saturated heterocycles. The van der Waals surface area contributed by atoms with Crippen molar-refractivity contribution in [2.45, 2.75) is 52.7 Å². The lowest BCUT2D eigenvalue weighted by molar-refractivity contribution is -0.127.